The van der Waals surface area contributed by atoms with Crippen molar-refractivity contribution >= 4 is 29.9 Å². The van der Waals surface area contributed by atoms with E-state index < -0.39 is 6.10 Å². The van der Waals surface area contributed by atoms with Gasteiger partial charge in [0.15, 0.2) is 5.96 Å². The monoisotopic (exact) mass is 455 g/mol. The zero-order valence-electron chi connectivity index (χ0n) is 14.5. The van der Waals surface area contributed by atoms with E-state index >= 15 is 0 Å². The van der Waals surface area contributed by atoms with Gasteiger partial charge in [-0.2, -0.15) is 0 Å². The van der Waals surface area contributed by atoms with Gasteiger partial charge in [0, 0.05) is 25.6 Å². The molecular formula is C19H26IN3O2. The maximum atomic E-state index is 10.2. The molecule has 0 bridgehead atoms. The van der Waals surface area contributed by atoms with Gasteiger partial charge in [0.05, 0.1) is 12.8 Å². The van der Waals surface area contributed by atoms with E-state index in [2.05, 4.69) is 52.5 Å². The van der Waals surface area contributed by atoms with Gasteiger partial charge in [-0.1, -0.05) is 30.3 Å². The molecule has 0 spiro atoms. The second kappa shape index (κ2) is 9.82. The molecule has 1 aromatic carbocycles. The molecule has 136 valence electrons. The van der Waals surface area contributed by atoms with E-state index in [4.69, 9.17) is 4.42 Å². The molecule has 1 aliphatic heterocycles. The van der Waals surface area contributed by atoms with E-state index in [9.17, 15) is 5.11 Å². The predicted octanol–water partition coefficient (Wildman–Crippen LogP) is 3.39. The van der Waals surface area contributed by atoms with Crippen molar-refractivity contribution in [3.63, 3.8) is 0 Å². The highest BCUT2D eigenvalue weighted by Gasteiger charge is 2.26. The zero-order valence-corrected chi connectivity index (χ0v) is 16.8. The molecule has 1 saturated heterocycles. The van der Waals surface area contributed by atoms with Crippen LogP contribution in [-0.2, 0) is 0 Å². The Morgan fingerprint density at radius 3 is 2.80 bits per heavy atom. The number of benzene rings is 1. The summed E-state index contributed by atoms with van der Waals surface area (Å²) < 4.78 is 5.23. The first kappa shape index (κ1) is 19.8. The Kier molecular flexibility index (Phi) is 7.77. The molecule has 25 heavy (non-hydrogen) atoms. The molecule has 0 saturated carbocycles. The maximum absolute atomic E-state index is 10.2. The molecule has 1 aromatic heterocycles. The molecule has 0 amide bonds. The smallest absolute Gasteiger partial charge is 0.194 e. The van der Waals surface area contributed by atoms with Crippen LogP contribution in [0.15, 0.2) is 58.1 Å². The third kappa shape index (κ3) is 5.22. The molecule has 3 rings (SSSR count). The lowest BCUT2D eigenvalue weighted by molar-refractivity contribution is 0.158. The van der Waals surface area contributed by atoms with Crippen LogP contribution in [0, 0.1) is 0 Å². The predicted molar refractivity (Wildman–Crippen MR) is 110 cm³/mol. The fraction of sp³-hybridized carbons (Fsp3) is 0.421. The maximum Gasteiger partial charge on any atom is 0.194 e. The van der Waals surface area contributed by atoms with E-state index in [-0.39, 0.29) is 24.0 Å². The standard InChI is InChI=1S/C19H25N3O2.HI/c1-2-20-19(21-13-17(23)18-9-6-12-24-18)22-11-10-16(14-22)15-7-4-3-5-8-15;/h3-9,12,16-17,23H,2,10-11,13-14H2,1H3,(H,20,21);1H. The molecule has 5 nitrogen and oxygen atoms in total. The van der Waals surface area contributed by atoms with Gasteiger partial charge in [0.25, 0.3) is 0 Å². The number of hydrogen-bond acceptors (Lipinski definition) is 3. The van der Waals surface area contributed by atoms with Gasteiger partial charge in [-0.3, -0.25) is 0 Å². The summed E-state index contributed by atoms with van der Waals surface area (Å²) in [6.45, 7) is 5.09. The SMILES string of the molecule is CCNC(=NCC(O)c1ccco1)N1CCC(c2ccccc2)C1.I. The third-order valence-corrected chi connectivity index (χ3v) is 4.38. The van der Waals surface area contributed by atoms with Crippen molar-refractivity contribution in [3.05, 3.63) is 60.1 Å². The highest BCUT2D eigenvalue weighted by molar-refractivity contribution is 14.0. The number of rotatable bonds is 5. The Labute approximate surface area is 166 Å². The number of guanidine groups is 1. The van der Waals surface area contributed by atoms with Crippen LogP contribution in [0.25, 0.3) is 0 Å². The molecule has 2 heterocycles. The quantitative estimate of drug-likeness (QED) is 0.413. The van der Waals surface area contributed by atoms with Gasteiger partial charge in [-0.25, -0.2) is 4.99 Å². The van der Waals surface area contributed by atoms with E-state index in [1.54, 1.807) is 18.4 Å². The minimum absolute atomic E-state index is 0. The van der Waals surface area contributed by atoms with Crippen LogP contribution in [0.3, 0.4) is 0 Å². The Bertz CT molecular complexity index is 646. The number of aliphatic hydroxyl groups excluding tert-OH is 1. The number of aliphatic imine (C=N–C) groups is 1. The topological polar surface area (TPSA) is 61.0 Å². The largest absolute Gasteiger partial charge is 0.467 e. The average molecular weight is 455 g/mol. The van der Waals surface area contributed by atoms with Crippen molar-refractivity contribution in [2.75, 3.05) is 26.2 Å². The van der Waals surface area contributed by atoms with Crippen molar-refractivity contribution in [2.45, 2.75) is 25.4 Å². The van der Waals surface area contributed by atoms with E-state index in [1.165, 1.54) is 5.56 Å². The van der Waals surface area contributed by atoms with Crippen LogP contribution in [0.2, 0.25) is 0 Å². The molecule has 2 aromatic rings. The number of hydrogen-bond donors (Lipinski definition) is 2. The number of aliphatic hydroxyl groups is 1. The summed E-state index contributed by atoms with van der Waals surface area (Å²) in [7, 11) is 0. The fourth-order valence-corrected chi connectivity index (χ4v) is 3.12. The molecule has 2 N–H and O–H groups in total. The molecule has 1 aliphatic rings. The van der Waals surface area contributed by atoms with Crippen LogP contribution in [-0.4, -0.2) is 42.1 Å². The Morgan fingerprint density at radius 2 is 2.12 bits per heavy atom. The van der Waals surface area contributed by atoms with Crippen molar-refractivity contribution in [1.82, 2.24) is 10.2 Å². The van der Waals surface area contributed by atoms with Gasteiger partial charge in [-0.15, -0.1) is 24.0 Å². The molecular weight excluding hydrogens is 429 g/mol. The summed E-state index contributed by atoms with van der Waals surface area (Å²) in [6.07, 6.45) is 1.98. The summed E-state index contributed by atoms with van der Waals surface area (Å²) in [4.78, 5) is 6.87. The number of nitrogens with zero attached hydrogens (tertiary/aromatic N) is 2. The van der Waals surface area contributed by atoms with E-state index in [0.29, 0.717) is 18.2 Å². The molecule has 1 fully saturated rings. The summed E-state index contributed by atoms with van der Waals surface area (Å²) in [6, 6.07) is 14.2. The van der Waals surface area contributed by atoms with Crippen LogP contribution < -0.4 is 5.32 Å². The van der Waals surface area contributed by atoms with Gasteiger partial charge in [0.1, 0.15) is 11.9 Å². The number of likely N-dealkylation sites (tertiary alicyclic amines) is 1. The second-order valence-corrected chi connectivity index (χ2v) is 6.07. The van der Waals surface area contributed by atoms with Crippen molar-refractivity contribution in [3.8, 4) is 0 Å². The second-order valence-electron chi connectivity index (χ2n) is 6.07. The first-order valence-corrected chi connectivity index (χ1v) is 8.57. The minimum Gasteiger partial charge on any atom is -0.467 e. The third-order valence-electron chi connectivity index (χ3n) is 4.38. The highest BCUT2D eigenvalue weighted by Crippen LogP contribution is 2.27. The Hall–Kier alpha value is -1.54. The summed E-state index contributed by atoms with van der Waals surface area (Å²) >= 11 is 0. The average Bonchev–Trinajstić information content (AvgIpc) is 3.30. The summed E-state index contributed by atoms with van der Waals surface area (Å²) in [5, 5.41) is 13.5. The normalized spacial score (nSPS) is 18.7. The van der Waals surface area contributed by atoms with Crippen molar-refractivity contribution in [1.29, 1.82) is 0 Å². The number of halogens is 1. The summed E-state index contributed by atoms with van der Waals surface area (Å²) in [5.41, 5.74) is 1.38. The molecule has 6 heteroatoms. The zero-order chi connectivity index (χ0) is 16.8. The van der Waals surface area contributed by atoms with Gasteiger partial charge < -0.3 is 19.7 Å². The Balaban J connectivity index is 0.00000225. The van der Waals surface area contributed by atoms with Crippen LogP contribution >= 0.6 is 24.0 Å². The van der Waals surface area contributed by atoms with Crippen LogP contribution in [0.4, 0.5) is 0 Å². The lowest BCUT2D eigenvalue weighted by Gasteiger charge is -2.22. The molecule has 0 radical (unpaired) electrons. The lowest BCUT2D eigenvalue weighted by Crippen LogP contribution is -2.40. The first-order valence-electron chi connectivity index (χ1n) is 8.57. The molecule has 0 aliphatic carbocycles. The molecule has 2 unspecified atom stereocenters. The lowest BCUT2D eigenvalue weighted by atomic mass is 9.99. The minimum atomic E-state index is -0.707. The van der Waals surface area contributed by atoms with Crippen molar-refractivity contribution in [2.24, 2.45) is 4.99 Å². The number of nitrogens with one attached hydrogen (secondary N) is 1. The van der Waals surface area contributed by atoms with E-state index in [1.807, 2.05) is 0 Å². The molecule has 2 atom stereocenters. The van der Waals surface area contributed by atoms with Gasteiger partial charge >= 0.3 is 0 Å². The highest BCUT2D eigenvalue weighted by atomic mass is 127. The number of furan rings is 1. The van der Waals surface area contributed by atoms with Crippen LogP contribution in [0.5, 0.6) is 0 Å². The van der Waals surface area contributed by atoms with Crippen LogP contribution in [0.1, 0.15) is 36.7 Å². The Morgan fingerprint density at radius 1 is 1.32 bits per heavy atom. The fourth-order valence-electron chi connectivity index (χ4n) is 3.12. The van der Waals surface area contributed by atoms with E-state index in [0.717, 1.165) is 32.0 Å². The first-order chi connectivity index (χ1) is 11.8. The van der Waals surface area contributed by atoms with Gasteiger partial charge in [-0.05, 0) is 31.0 Å². The van der Waals surface area contributed by atoms with Gasteiger partial charge in [0.2, 0.25) is 0 Å². The van der Waals surface area contributed by atoms with Crippen molar-refractivity contribution < 1.29 is 9.52 Å². The summed E-state index contributed by atoms with van der Waals surface area (Å²) in [5.74, 6) is 1.95.